The third-order valence-corrected chi connectivity index (χ3v) is 5.77. The fraction of sp³-hybridized carbons (Fsp3) is 0.529. The topological polar surface area (TPSA) is 64.6 Å². The van der Waals surface area contributed by atoms with E-state index < -0.39 is 28.2 Å². The van der Waals surface area contributed by atoms with Gasteiger partial charge in [-0.05, 0) is 51.8 Å². The van der Waals surface area contributed by atoms with Gasteiger partial charge in [-0.3, -0.25) is 0 Å². The molecule has 0 atom stereocenters. The molecule has 1 aliphatic heterocycles. The van der Waals surface area contributed by atoms with E-state index in [9.17, 15) is 8.42 Å². The van der Waals surface area contributed by atoms with Crippen LogP contribution in [0.25, 0.3) is 6.08 Å². The Bertz CT molecular complexity index is 725. The van der Waals surface area contributed by atoms with Crippen molar-refractivity contribution < 1.29 is 17.7 Å². The molecule has 0 amide bonds. The first-order chi connectivity index (χ1) is 11.0. The molecule has 1 aromatic carbocycles. The lowest BCUT2D eigenvalue weighted by Crippen LogP contribution is -2.41. The minimum atomic E-state index is -3.31. The minimum Gasteiger partial charge on any atom is -0.400 e. The molecule has 0 bridgehead atoms. The quantitative estimate of drug-likeness (QED) is 0.825. The molecule has 0 aliphatic carbocycles. The largest absolute Gasteiger partial charge is 0.491 e. The highest BCUT2D eigenvalue weighted by Crippen LogP contribution is 2.38. The van der Waals surface area contributed by atoms with Gasteiger partial charge in [0, 0.05) is 12.8 Å². The van der Waals surface area contributed by atoms with Gasteiger partial charge in [-0.1, -0.05) is 24.3 Å². The molecule has 24 heavy (non-hydrogen) atoms. The summed E-state index contributed by atoms with van der Waals surface area (Å²) in [6, 6.07) is 6.95. The highest BCUT2D eigenvalue weighted by Gasteiger charge is 2.52. The van der Waals surface area contributed by atoms with Crippen molar-refractivity contribution in [3.05, 3.63) is 35.3 Å². The fourth-order valence-electron chi connectivity index (χ4n) is 2.54. The van der Waals surface area contributed by atoms with E-state index in [4.69, 9.17) is 9.31 Å². The molecule has 2 rings (SSSR count). The van der Waals surface area contributed by atoms with Gasteiger partial charge in [0.1, 0.15) is 0 Å². The van der Waals surface area contributed by atoms with Crippen LogP contribution in [0.1, 0.15) is 33.3 Å². The maximum Gasteiger partial charge on any atom is 0.491 e. The zero-order valence-corrected chi connectivity index (χ0v) is 16.0. The molecule has 1 aromatic rings. The summed E-state index contributed by atoms with van der Waals surface area (Å²) in [5, 5.41) is 3.10. The summed E-state index contributed by atoms with van der Waals surface area (Å²) < 4.78 is 36.2. The second-order valence-electron chi connectivity index (χ2n) is 7.15. The van der Waals surface area contributed by atoms with Crippen LogP contribution >= 0.6 is 0 Å². The Morgan fingerprint density at radius 3 is 2.21 bits per heavy atom. The van der Waals surface area contributed by atoms with E-state index in [1.165, 1.54) is 6.26 Å². The summed E-state index contributed by atoms with van der Waals surface area (Å²) in [7, 11) is -1.99. The molecule has 0 radical (unpaired) electrons. The Balaban J connectivity index is 2.45. The van der Waals surface area contributed by atoms with Crippen molar-refractivity contribution in [2.75, 3.05) is 19.8 Å². The number of hydrogen-bond acceptors (Lipinski definition) is 5. The van der Waals surface area contributed by atoms with E-state index in [1.54, 1.807) is 18.2 Å². The van der Waals surface area contributed by atoms with Crippen LogP contribution in [-0.4, -0.2) is 46.6 Å². The highest BCUT2D eigenvalue weighted by atomic mass is 32.2. The third-order valence-electron chi connectivity index (χ3n) is 4.60. The van der Waals surface area contributed by atoms with Gasteiger partial charge in [0.25, 0.3) is 0 Å². The predicted molar refractivity (Wildman–Crippen MR) is 97.5 cm³/mol. The normalized spacial score (nSPS) is 20.4. The van der Waals surface area contributed by atoms with Gasteiger partial charge in [0.05, 0.1) is 16.1 Å². The van der Waals surface area contributed by atoms with Gasteiger partial charge < -0.3 is 14.6 Å². The zero-order valence-electron chi connectivity index (χ0n) is 15.2. The molecular formula is C17H26BNO4S. The van der Waals surface area contributed by atoms with E-state index >= 15 is 0 Å². The van der Waals surface area contributed by atoms with E-state index in [0.29, 0.717) is 17.0 Å². The standard InChI is InChI=1S/C17H26BNO4S/c1-16(2)17(3,4)23-18(22-16)14(12-19-5)11-13-9-7-8-10-15(13)24(6,20)21/h7-11,19H,12H2,1-6H3. The summed E-state index contributed by atoms with van der Waals surface area (Å²) >= 11 is 0. The SMILES string of the molecule is CNCC(=Cc1ccccc1S(C)(=O)=O)B1OC(C)(C)C(C)(C)O1. The second-order valence-corrected chi connectivity index (χ2v) is 9.13. The molecular weight excluding hydrogens is 325 g/mol. The maximum atomic E-state index is 12.0. The Labute approximate surface area is 145 Å². The monoisotopic (exact) mass is 351 g/mol. The number of likely N-dealkylation sites (N-methyl/N-ethyl adjacent to an activating group) is 1. The van der Waals surface area contributed by atoms with Crippen molar-refractivity contribution in [3.63, 3.8) is 0 Å². The average molecular weight is 351 g/mol. The third kappa shape index (κ3) is 3.91. The molecule has 1 heterocycles. The summed E-state index contributed by atoms with van der Waals surface area (Å²) in [6.07, 6.45) is 3.06. The number of rotatable bonds is 5. The highest BCUT2D eigenvalue weighted by molar-refractivity contribution is 7.90. The lowest BCUT2D eigenvalue weighted by Gasteiger charge is -2.32. The Hall–Kier alpha value is -1.15. The van der Waals surface area contributed by atoms with Crippen molar-refractivity contribution in [3.8, 4) is 0 Å². The van der Waals surface area contributed by atoms with E-state index in [1.807, 2.05) is 46.9 Å². The average Bonchev–Trinajstić information content (AvgIpc) is 2.66. The fourth-order valence-corrected chi connectivity index (χ4v) is 3.42. The van der Waals surface area contributed by atoms with Crippen LogP contribution < -0.4 is 5.32 Å². The Kier molecular flexibility index (Phi) is 5.30. The molecule has 0 unspecified atom stereocenters. The Morgan fingerprint density at radius 2 is 1.71 bits per heavy atom. The first-order valence-electron chi connectivity index (χ1n) is 7.98. The Morgan fingerprint density at radius 1 is 1.17 bits per heavy atom. The smallest absolute Gasteiger partial charge is 0.400 e. The first-order valence-corrected chi connectivity index (χ1v) is 9.87. The summed E-state index contributed by atoms with van der Waals surface area (Å²) in [5.41, 5.74) is 0.606. The van der Waals surface area contributed by atoms with Crippen molar-refractivity contribution in [2.45, 2.75) is 43.8 Å². The van der Waals surface area contributed by atoms with E-state index in [-0.39, 0.29) is 0 Å². The summed E-state index contributed by atoms with van der Waals surface area (Å²) in [4.78, 5) is 0.301. The van der Waals surface area contributed by atoms with Crippen molar-refractivity contribution in [1.82, 2.24) is 5.32 Å². The molecule has 0 spiro atoms. The first kappa shape index (κ1) is 19.2. The van der Waals surface area contributed by atoms with Gasteiger partial charge in [-0.25, -0.2) is 8.42 Å². The van der Waals surface area contributed by atoms with Gasteiger partial charge in [0.2, 0.25) is 0 Å². The van der Waals surface area contributed by atoms with Gasteiger partial charge >= 0.3 is 7.12 Å². The van der Waals surface area contributed by atoms with Crippen LogP contribution in [0.3, 0.4) is 0 Å². The van der Waals surface area contributed by atoms with Crippen molar-refractivity contribution >= 4 is 23.0 Å². The lowest BCUT2D eigenvalue weighted by atomic mass is 9.77. The summed E-state index contributed by atoms with van der Waals surface area (Å²) in [6.45, 7) is 8.51. The number of nitrogens with one attached hydrogen (secondary N) is 1. The predicted octanol–water partition coefficient (Wildman–Crippen LogP) is 2.32. The van der Waals surface area contributed by atoms with Crippen LogP contribution in [0.5, 0.6) is 0 Å². The molecule has 7 heteroatoms. The molecule has 1 aliphatic rings. The molecule has 132 valence electrons. The molecule has 5 nitrogen and oxygen atoms in total. The van der Waals surface area contributed by atoms with Crippen LogP contribution in [-0.2, 0) is 19.1 Å². The zero-order chi connectivity index (χ0) is 18.2. The van der Waals surface area contributed by atoms with E-state index in [2.05, 4.69) is 5.32 Å². The molecule has 0 saturated carbocycles. The van der Waals surface area contributed by atoms with Crippen LogP contribution in [0, 0.1) is 0 Å². The number of hydrogen-bond donors (Lipinski definition) is 1. The summed E-state index contributed by atoms with van der Waals surface area (Å²) in [5.74, 6) is 0. The molecule has 1 saturated heterocycles. The number of sulfone groups is 1. The second kappa shape index (κ2) is 6.63. The minimum absolute atomic E-state index is 0.301. The molecule has 1 fully saturated rings. The van der Waals surface area contributed by atoms with Crippen molar-refractivity contribution in [1.29, 1.82) is 0 Å². The number of benzene rings is 1. The molecule has 0 aromatic heterocycles. The van der Waals surface area contributed by atoms with Crippen LogP contribution in [0.4, 0.5) is 0 Å². The van der Waals surface area contributed by atoms with Gasteiger partial charge in [0.15, 0.2) is 9.84 Å². The molecule has 1 N–H and O–H groups in total. The maximum absolute atomic E-state index is 12.0. The van der Waals surface area contributed by atoms with E-state index in [0.717, 1.165) is 5.47 Å². The van der Waals surface area contributed by atoms with Crippen molar-refractivity contribution in [2.24, 2.45) is 0 Å². The van der Waals surface area contributed by atoms with Crippen LogP contribution in [0.2, 0.25) is 0 Å². The van der Waals surface area contributed by atoms with Crippen LogP contribution in [0.15, 0.2) is 34.6 Å². The van der Waals surface area contributed by atoms with Gasteiger partial charge in [-0.2, -0.15) is 0 Å². The lowest BCUT2D eigenvalue weighted by molar-refractivity contribution is 0.00578. The van der Waals surface area contributed by atoms with Gasteiger partial charge in [-0.15, -0.1) is 0 Å².